The number of H-pyrrole nitrogens is 2. The molecule has 1 aromatic heterocycles. The molecule has 0 amide bonds. The SMILES string of the molecule is Cc1cc2[nH]c(=O)[nH]c2cc1NS(=O)(=O)c1c(C)c(C)cc(C)c1C. The molecule has 0 bridgehead atoms. The van der Waals surface area contributed by atoms with Crippen LogP contribution in [0.5, 0.6) is 0 Å². The zero-order valence-corrected chi connectivity index (χ0v) is 15.7. The first-order chi connectivity index (χ1) is 11.6. The van der Waals surface area contributed by atoms with E-state index in [9.17, 15) is 13.2 Å². The number of aromatic nitrogens is 2. The molecular weight excluding hydrogens is 338 g/mol. The first kappa shape index (κ1) is 17.3. The summed E-state index contributed by atoms with van der Waals surface area (Å²) in [7, 11) is -3.76. The van der Waals surface area contributed by atoms with Gasteiger partial charge in [-0.1, -0.05) is 6.07 Å². The van der Waals surface area contributed by atoms with E-state index in [1.165, 1.54) is 0 Å². The fourth-order valence-corrected chi connectivity index (χ4v) is 4.82. The van der Waals surface area contributed by atoms with Gasteiger partial charge in [0, 0.05) is 0 Å². The minimum absolute atomic E-state index is 0.312. The van der Waals surface area contributed by atoms with E-state index in [1.54, 1.807) is 19.1 Å². The molecule has 2 aromatic carbocycles. The maximum atomic E-state index is 13.1. The van der Waals surface area contributed by atoms with E-state index in [0.29, 0.717) is 21.6 Å². The minimum Gasteiger partial charge on any atom is -0.306 e. The molecule has 0 fully saturated rings. The van der Waals surface area contributed by atoms with E-state index in [1.807, 2.05) is 33.8 Å². The average Bonchev–Trinajstić information content (AvgIpc) is 2.84. The van der Waals surface area contributed by atoms with Crippen LogP contribution in [0.15, 0.2) is 27.9 Å². The lowest BCUT2D eigenvalue weighted by Crippen LogP contribution is -2.17. The summed E-state index contributed by atoms with van der Waals surface area (Å²) in [6, 6.07) is 5.37. The van der Waals surface area contributed by atoms with Crippen molar-refractivity contribution in [1.29, 1.82) is 0 Å². The van der Waals surface area contributed by atoms with Crippen LogP contribution in [0, 0.1) is 34.6 Å². The Labute approximate surface area is 146 Å². The quantitative estimate of drug-likeness (QED) is 0.670. The van der Waals surface area contributed by atoms with Crippen molar-refractivity contribution in [3.05, 3.63) is 56.5 Å². The highest BCUT2D eigenvalue weighted by molar-refractivity contribution is 7.92. The zero-order valence-electron chi connectivity index (χ0n) is 14.9. The Kier molecular flexibility index (Phi) is 3.99. The molecule has 3 aromatic rings. The van der Waals surface area contributed by atoms with Crippen LogP contribution in [0.1, 0.15) is 27.8 Å². The molecule has 0 unspecified atom stereocenters. The van der Waals surface area contributed by atoms with Gasteiger partial charge in [-0.15, -0.1) is 0 Å². The summed E-state index contributed by atoms with van der Waals surface area (Å²) in [5.41, 5.74) is 5.40. The van der Waals surface area contributed by atoms with Crippen LogP contribution in [0.2, 0.25) is 0 Å². The lowest BCUT2D eigenvalue weighted by atomic mass is 10.0. The van der Waals surface area contributed by atoms with Gasteiger partial charge in [-0.25, -0.2) is 13.2 Å². The summed E-state index contributed by atoms with van der Waals surface area (Å²) in [6.45, 7) is 9.24. The Morgan fingerprint density at radius 2 is 1.32 bits per heavy atom. The monoisotopic (exact) mass is 359 g/mol. The Hall–Kier alpha value is -2.54. The second kappa shape index (κ2) is 5.77. The van der Waals surface area contributed by atoms with Crippen molar-refractivity contribution in [1.82, 2.24) is 9.97 Å². The van der Waals surface area contributed by atoms with E-state index in [0.717, 1.165) is 27.8 Å². The van der Waals surface area contributed by atoms with E-state index in [-0.39, 0.29) is 5.69 Å². The Balaban J connectivity index is 2.15. The summed E-state index contributed by atoms with van der Waals surface area (Å²) in [5, 5.41) is 0. The highest BCUT2D eigenvalue weighted by atomic mass is 32.2. The molecule has 132 valence electrons. The van der Waals surface area contributed by atoms with Crippen LogP contribution in [-0.2, 0) is 10.0 Å². The molecule has 0 saturated carbocycles. The Bertz CT molecular complexity index is 1130. The molecule has 0 aliphatic carbocycles. The summed E-state index contributed by atoms with van der Waals surface area (Å²) >= 11 is 0. The van der Waals surface area contributed by atoms with Crippen molar-refractivity contribution < 1.29 is 8.42 Å². The number of hydrogen-bond donors (Lipinski definition) is 3. The number of anilines is 1. The number of sulfonamides is 1. The molecule has 0 saturated heterocycles. The van der Waals surface area contributed by atoms with E-state index in [2.05, 4.69) is 14.7 Å². The van der Waals surface area contributed by atoms with E-state index >= 15 is 0 Å². The molecule has 3 rings (SSSR count). The average molecular weight is 359 g/mol. The zero-order chi connectivity index (χ0) is 18.5. The smallest absolute Gasteiger partial charge is 0.306 e. The van der Waals surface area contributed by atoms with E-state index < -0.39 is 10.0 Å². The summed E-state index contributed by atoms with van der Waals surface area (Å²) in [5.74, 6) is 0. The van der Waals surface area contributed by atoms with Crippen molar-refractivity contribution in [3.63, 3.8) is 0 Å². The van der Waals surface area contributed by atoms with Crippen molar-refractivity contribution in [2.24, 2.45) is 0 Å². The van der Waals surface area contributed by atoms with Gasteiger partial charge in [0.05, 0.1) is 21.6 Å². The Morgan fingerprint density at radius 3 is 1.88 bits per heavy atom. The van der Waals surface area contributed by atoms with Crippen molar-refractivity contribution in [2.75, 3.05) is 4.72 Å². The van der Waals surface area contributed by atoms with Crippen LogP contribution < -0.4 is 10.4 Å². The third kappa shape index (κ3) is 2.95. The first-order valence-corrected chi connectivity index (χ1v) is 9.41. The lowest BCUT2D eigenvalue weighted by Gasteiger charge is -2.17. The standard InChI is InChI=1S/C18H21N3O3S/c1-9-6-10(2)13(5)17(12(9)4)25(23,24)21-14-8-16-15(7-11(14)3)19-18(22)20-16/h6-8,21H,1-5H3,(H2,19,20,22). The molecule has 1 heterocycles. The molecule has 0 radical (unpaired) electrons. The van der Waals surface area contributed by atoms with Gasteiger partial charge < -0.3 is 9.97 Å². The fourth-order valence-electron chi connectivity index (χ4n) is 3.08. The predicted molar refractivity (Wildman–Crippen MR) is 99.9 cm³/mol. The number of aromatic amines is 2. The van der Waals surface area contributed by atoms with Gasteiger partial charge in [0.1, 0.15) is 0 Å². The van der Waals surface area contributed by atoms with Crippen molar-refractivity contribution in [3.8, 4) is 0 Å². The molecule has 0 aliphatic heterocycles. The summed E-state index contributed by atoms with van der Waals surface area (Å²) < 4.78 is 28.8. The highest BCUT2D eigenvalue weighted by Gasteiger charge is 2.23. The number of imidazole rings is 1. The van der Waals surface area contributed by atoms with Crippen LogP contribution >= 0.6 is 0 Å². The second-order valence-corrected chi connectivity index (χ2v) is 8.11. The third-order valence-corrected chi connectivity index (χ3v) is 6.31. The number of rotatable bonds is 3. The molecule has 6 nitrogen and oxygen atoms in total. The molecular formula is C18H21N3O3S. The summed E-state index contributed by atoms with van der Waals surface area (Å²) in [6.07, 6.45) is 0. The molecule has 0 atom stereocenters. The molecule has 0 aliphatic rings. The van der Waals surface area contributed by atoms with Crippen LogP contribution in [0.25, 0.3) is 11.0 Å². The molecule has 25 heavy (non-hydrogen) atoms. The predicted octanol–water partition coefficient (Wildman–Crippen LogP) is 3.20. The summed E-state index contributed by atoms with van der Waals surface area (Å²) in [4.78, 5) is 17.1. The van der Waals surface area contributed by atoms with Gasteiger partial charge in [0.25, 0.3) is 10.0 Å². The topological polar surface area (TPSA) is 94.8 Å². The van der Waals surface area contributed by atoms with Gasteiger partial charge in [-0.05, 0) is 74.6 Å². The number of aryl methyl sites for hydroxylation is 3. The van der Waals surface area contributed by atoms with Crippen LogP contribution in [0.3, 0.4) is 0 Å². The second-order valence-electron chi connectivity index (χ2n) is 6.49. The van der Waals surface area contributed by atoms with Gasteiger partial charge in [-0.2, -0.15) is 0 Å². The number of benzene rings is 2. The first-order valence-electron chi connectivity index (χ1n) is 7.93. The maximum Gasteiger partial charge on any atom is 0.323 e. The van der Waals surface area contributed by atoms with Crippen molar-refractivity contribution in [2.45, 2.75) is 39.5 Å². The van der Waals surface area contributed by atoms with Gasteiger partial charge >= 0.3 is 5.69 Å². The minimum atomic E-state index is -3.76. The highest BCUT2D eigenvalue weighted by Crippen LogP contribution is 2.29. The van der Waals surface area contributed by atoms with Gasteiger partial charge in [0.15, 0.2) is 0 Å². The fraction of sp³-hybridized carbons (Fsp3) is 0.278. The van der Waals surface area contributed by atoms with Crippen LogP contribution in [0.4, 0.5) is 5.69 Å². The molecule has 3 N–H and O–H groups in total. The number of fused-ring (bicyclic) bond motifs is 1. The third-order valence-electron chi connectivity index (χ3n) is 4.67. The normalized spacial score (nSPS) is 11.9. The van der Waals surface area contributed by atoms with Crippen molar-refractivity contribution >= 4 is 26.7 Å². The van der Waals surface area contributed by atoms with Gasteiger partial charge in [0.2, 0.25) is 0 Å². The van der Waals surface area contributed by atoms with Gasteiger partial charge in [-0.3, -0.25) is 4.72 Å². The molecule has 7 heteroatoms. The van der Waals surface area contributed by atoms with E-state index in [4.69, 9.17) is 0 Å². The number of hydrogen-bond acceptors (Lipinski definition) is 3. The number of nitrogens with one attached hydrogen (secondary N) is 3. The maximum absolute atomic E-state index is 13.1. The lowest BCUT2D eigenvalue weighted by molar-refractivity contribution is 0.599. The Morgan fingerprint density at radius 1 is 0.800 bits per heavy atom. The van der Waals surface area contributed by atoms with Crippen LogP contribution in [-0.4, -0.2) is 18.4 Å². The largest absolute Gasteiger partial charge is 0.323 e. The molecule has 0 spiro atoms.